The topological polar surface area (TPSA) is 72.9 Å². The summed E-state index contributed by atoms with van der Waals surface area (Å²) in [5.74, 6) is -2.55. The molecule has 33 heavy (non-hydrogen) atoms. The molecule has 6 nitrogen and oxygen atoms in total. The molecule has 8 heteroatoms. The van der Waals surface area contributed by atoms with Crippen LogP contribution in [-0.4, -0.2) is 24.9 Å². The number of carbonyl (C=O) groups is 3. The van der Waals surface area contributed by atoms with Gasteiger partial charge < -0.3 is 9.47 Å². The summed E-state index contributed by atoms with van der Waals surface area (Å²) in [7, 11) is 1.49. The number of rotatable bonds is 4. The van der Waals surface area contributed by atoms with Crippen molar-refractivity contribution in [2.75, 3.05) is 12.0 Å². The van der Waals surface area contributed by atoms with Crippen LogP contribution in [0.1, 0.15) is 17.5 Å². The van der Waals surface area contributed by atoms with Crippen LogP contribution in [0, 0.1) is 11.7 Å². The van der Waals surface area contributed by atoms with E-state index in [1.54, 1.807) is 42.5 Å². The summed E-state index contributed by atoms with van der Waals surface area (Å²) in [6, 6.07) is 16.5. The lowest BCUT2D eigenvalue weighted by Crippen LogP contribution is -2.46. The van der Waals surface area contributed by atoms with Gasteiger partial charge in [-0.05, 0) is 60.2 Å². The van der Waals surface area contributed by atoms with Gasteiger partial charge in [0.15, 0.2) is 0 Å². The standard InChI is InChI=1S/C25H17ClFNO5/c1-32-18-10-11-21-19(12-18)25(24(31)33-21,14-2-4-15(26)5-3-14)20-13-22(29)28(23(20)30)17-8-6-16(27)7-9-17/h2-12,20H,13H2,1H3/t20-,25+/m1/s1. The Hall–Kier alpha value is -3.71. The quantitative estimate of drug-likeness (QED) is 0.327. The number of fused-ring (bicyclic) bond motifs is 1. The fraction of sp³-hybridized carbons (Fsp3) is 0.160. The van der Waals surface area contributed by atoms with Crippen LogP contribution in [0.4, 0.5) is 10.1 Å². The summed E-state index contributed by atoms with van der Waals surface area (Å²) in [5, 5.41) is 0.452. The van der Waals surface area contributed by atoms with Crippen LogP contribution < -0.4 is 14.4 Å². The van der Waals surface area contributed by atoms with Crippen molar-refractivity contribution < 1.29 is 28.2 Å². The predicted molar refractivity (Wildman–Crippen MR) is 118 cm³/mol. The maximum absolute atomic E-state index is 13.7. The number of anilines is 1. The number of amides is 2. The van der Waals surface area contributed by atoms with Crippen LogP contribution in [0.3, 0.4) is 0 Å². The number of carbonyl (C=O) groups excluding carboxylic acids is 3. The lowest BCUT2D eigenvalue weighted by atomic mass is 9.65. The Morgan fingerprint density at radius 2 is 1.73 bits per heavy atom. The molecule has 5 rings (SSSR count). The number of ether oxygens (including phenoxy) is 2. The number of imide groups is 1. The second-order valence-corrected chi connectivity index (χ2v) is 8.30. The molecular weight excluding hydrogens is 449 g/mol. The lowest BCUT2D eigenvalue weighted by Gasteiger charge is -2.31. The second-order valence-electron chi connectivity index (χ2n) is 7.87. The van der Waals surface area contributed by atoms with Gasteiger partial charge in [-0.25, -0.2) is 4.39 Å². The number of hydrogen-bond donors (Lipinski definition) is 0. The van der Waals surface area contributed by atoms with Gasteiger partial charge in [0.05, 0.1) is 18.7 Å². The third-order valence-corrected chi connectivity index (χ3v) is 6.44. The van der Waals surface area contributed by atoms with Gasteiger partial charge in [0.1, 0.15) is 22.7 Å². The maximum atomic E-state index is 13.7. The minimum absolute atomic E-state index is 0.232. The number of hydrogen-bond acceptors (Lipinski definition) is 5. The molecule has 1 fully saturated rings. The van der Waals surface area contributed by atoms with E-state index >= 15 is 0 Å². The predicted octanol–water partition coefficient (Wildman–Crippen LogP) is 4.27. The van der Waals surface area contributed by atoms with Crippen molar-refractivity contribution in [2.45, 2.75) is 11.8 Å². The fourth-order valence-corrected chi connectivity index (χ4v) is 4.80. The van der Waals surface area contributed by atoms with E-state index in [0.717, 1.165) is 4.90 Å². The Bertz CT molecular complexity index is 1290. The number of halogens is 2. The first-order valence-corrected chi connectivity index (χ1v) is 10.5. The molecular formula is C25H17ClFNO5. The average Bonchev–Trinajstić information content (AvgIpc) is 3.27. The summed E-state index contributed by atoms with van der Waals surface area (Å²) < 4.78 is 24.4. The smallest absolute Gasteiger partial charge is 0.327 e. The van der Waals surface area contributed by atoms with Gasteiger partial charge in [-0.3, -0.25) is 19.3 Å². The average molecular weight is 466 g/mol. The van der Waals surface area contributed by atoms with Crippen molar-refractivity contribution in [2.24, 2.45) is 5.92 Å². The minimum Gasteiger partial charge on any atom is -0.497 e. The van der Waals surface area contributed by atoms with E-state index in [9.17, 15) is 18.8 Å². The molecule has 2 amide bonds. The summed E-state index contributed by atoms with van der Waals surface area (Å²) in [4.78, 5) is 41.2. The first-order chi connectivity index (χ1) is 15.9. The molecule has 2 aliphatic rings. The normalized spacial score (nSPS) is 21.8. The summed E-state index contributed by atoms with van der Waals surface area (Å²) in [6.07, 6.45) is -0.232. The Balaban J connectivity index is 1.71. The van der Waals surface area contributed by atoms with Gasteiger partial charge in [-0.2, -0.15) is 0 Å². The Morgan fingerprint density at radius 3 is 2.39 bits per heavy atom. The van der Waals surface area contributed by atoms with Crippen molar-refractivity contribution in [1.82, 2.24) is 0 Å². The molecule has 0 N–H and O–H groups in total. The van der Waals surface area contributed by atoms with E-state index < -0.39 is 34.9 Å². The van der Waals surface area contributed by atoms with Crippen molar-refractivity contribution in [3.63, 3.8) is 0 Å². The maximum Gasteiger partial charge on any atom is 0.327 e. The van der Waals surface area contributed by atoms with Crippen LogP contribution in [0.5, 0.6) is 11.5 Å². The summed E-state index contributed by atoms with van der Waals surface area (Å²) >= 11 is 6.08. The Morgan fingerprint density at radius 1 is 1.03 bits per heavy atom. The molecule has 0 unspecified atom stereocenters. The van der Waals surface area contributed by atoms with Gasteiger partial charge in [-0.15, -0.1) is 0 Å². The zero-order chi connectivity index (χ0) is 23.3. The SMILES string of the molecule is COc1ccc2c(c1)[C@@](c1ccc(Cl)cc1)([C@@H]1CC(=O)N(c3ccc(F)cc3)C1=O)C(=O)O2. The zero-order valence-corrected chi connectivity index (χ0v) is 18.1. The van der Waals surface area contributed by atoms with Crippen molar-refractivity contribution in [3.8, 4) is 11.5 Å². The molecule has 0 aliphatic carbocycles. The van der Waals surface area contributed by atoms with E-state index in [1.807, 2.05) is 0 Å². The van der Waals surface area contributed by atoms with Gasteiger partial charge >= 0.3 is 5.97 Å². The molecule has 3 aromatic rings. The largest absolute Gasteiger partial charge is 0.497 e. The molecule has 1 saturated heterocycles. The van der Waals surface area contributed by atoms with Gasteiger partial charge in [0.2, 0.25) is 11.8 Å². The molecule has 0 aromatic heterocycles. The monoisotopic (exact) mass is 465 g/mol. The zero-order valence-electron chi connectivity index (χ0n) is 17.4. The van der Waals surface area contributed by atoms with E-state index in [4.69, 9.17) is 21.1 Å². The van der Waals surface area contributed by atoms with Crippen LogP contribution in [-0.2, 0) is 19.8 Å². The van der Waals surface area contributed by atoms with E-state index in [-0.39, 0.29) is 17.9 Å². The molecule has 166 valence electrons. The highest BCUT2D eigenvalue weighted by Crippen LogP contribution is 2.53. The molecule has 3 aromatic carbocycles. The molecule has 0 spiro atoms. The minimum atomic E-state index is -1.59. The summed E-state index contributed by atoms with van der Waals surface area (Å²) in [5.41, 5.74) is -0.453. The molecule has 0 saturated carbocycles. The first-order valence-electron chi connectivity index (χ1n) is 10.2. The lowest BCUT2D eigenvalue weighted by molar-refractivity contribution is -0.141. The number of nitrogens with zero attached hydrogens (tertiary/aromatic N) is 1. The molecule has 2 heterocycles. The van der Waals surface area contributed by atoms with Gasteiger partial charge in [0, 0.05) is 17.0 Å². The Labute approximate surface area is 193 Å². The summed E-state index contributed by atoms with van der Waals surface area (Å²) in [6.45, 7) is 0. The number of benzene rings is 3. The van der Waals surface area contributed by atoms with Gasteiger partial charge in [0.25, 0.3) is 0 Å². The highest BCUT2D eigenvalue weighted by molar-refractivity contribution is 6.30. The molecule has 2 atom stereocenters. The second kappa shape index (κ2) is 7.71. The van der Waals surface area contributed by atoms with E-state index in [0.29, 0.717) is 21.9 Å². The van der Waals surface area contributed by atoms with Gasteiger partial charge in [-0.1, -0.05) is 23.7 Å². The molecule has 0 radical (unpaired) electrons. The Kier molecular flexibility index (Phi) is 4.94. The highest BCUT2D eigenvalue weighted by Gasteiger charge is 2.62. The third kappa shape index (κ3) is 3.11. The molecule has 2 aliphatic heterocycles. The van der Waals surface area contributed by atoms with Crippen LogP contribution in [0.15, 0.2) is 66.7 Å². The van der Waals surface area contributed by atoms with Crippen LogP contribution in [0.2, 0.25) is 5.02 Å². The van der Waals surface area contributed by atoms with Crippen molar-refractivity contribution >= 4 is 35.1 Å². The third-order valence-electron chi connectivity index (χ3n) is 6.19. The van der Waals surface area contributed by atoms with Crippen molar-refractivity contribution in [3.05, 3.63) is 88.7 Å². The van der Waals surface area contributed by atoms with Crippen LogP contribution in [0.25, 0.3) is 0 Å². The highest BCUT2D eigenvalue weighted by atomic mass is 35.5. The van der Waals surface area contributed by atoms with E-state index in [2.05, 4.69) is 0 Å². The van der Waals surface area contributed by atoms with E-state index in [1.165, 1.54) is 31.4 Å². The fourth-order valence-electron chi connectivity index (χ4n) is 4.67. The van der Waals surface area contributed by atoms with Crippen LogP contribution >= 0.6 is 11.6 Å². The number of methoxy groups -OCH3 is 1. The first kappa shape index (κ1) is 21.2. The molecule has 0 bridgehead atoms. The number of esters is 1. The van der Waals surface area contributed by atoms with Crippen molar-refractivity contribution in [1.29, 1.82) is 0 Å².